The second-order valence-electron chi connectivity index (χ2n) is 5.18. The van der Waals surface area contributed by atoms with E-state index in [4.69, 9.17) is 0 Å². The van der Waals surface area contributed by atoms with Crippen molar-refractivity contribution in [1.82, 2.24) is 5.32 Å². The molecule has 1 aliphatic carbocycles. The van der Waals surface area contributed by atoms with Crippen molar-refractivity contribution in [3.8, 4) is 0 Å². The number of benzene rings is 2. The first kappa shape index (κ1) is 14.6. The zero-order chi connectivity index (χ0) is 15.9. The first-order valence-electron chi connectivity index (χ1n) is 6.68. The third kappa shape index (κ3) is 2.46. The molecule has 2 N–H and O–H groups in total. The molecule has 0 heterocycles. The molecule has 0 radical (unpaired) electrons. The van der Waals surface area contributed by atoms with Crippen LogP contribution in [0.5, 0.6) is 0 Å². The average molecular weight is 307 g/mol. The van der Waals surface area contributed by atoms with Crippen LogP contribution in [0.1, 0.15) is 27.5 Å². The normalized spacial score (nSPS) is 19.8. The van der Waals surface area contributed by atoms with Crippen molar-refractivity contribution in [3.63, 3.8) is 0 Å². The highest BCUT2D eigenvalue weighted by molar-refractivity contribution is 5.94. The van der Waals surface area contributed by atoms with E-state index in [2.05, 4.69) is 5.32 Å². The molecule has 0 saturated heterocycles. The summed E-state index contributed by atoms with van der Waals surface area (Å²) in [5.74, 6) is -5.27. The molecule has 0 bridgehead atoms. The first-order valence-corrected chi connectivity index (χ1v) is 6.68. The lowest BCUT2D eigenvalue weighted by atomic mass is 10.1. The minimum atomic E-state index is -1.62. The Balaban J connectivity index is 1.86. The van der Waals surface area contributed by atoms with Gasteiger partial charge in [0, 0.05) is 12.0 Å². The molecule has 2 unspecified atom stereocenters. The van der Waals surface area contributed by atoms with Crippen LogP contribution >= 0.6 is 0 Å². The third-order valence-corrected chi connectivity index (χ3v) is 3.74. The van der Waals surface area contributed by atoms with Crippen molar-refractivity contribution in [2.45, 2.75) is 18.6 Å². The number of amides is 1. The van der Waals surface area contributed by atoms with Crippen molar-refractivity contribution in [1.29, 1.82) is 0 Å². The number of halogens is 3. The van der Waals surface area contributed by atoms with Gasteiger partial charge in [0.1, 0.15) is 0 Å². The molecular weight excluding hydrogens is 295 g/mol. The molecule has 0 aliphatic heterocycles. The fourth-order valence-corrected chi connectivity index (χ4v) is 2.66. The van der Waals surface area contributed by atoms with Crippen LogP contribution in [0.4, 0.5) is 13.2 Å². The van der Waals surface area contributed by atoms with Crippen molar-refractivity contribution in [2.24, 2.45) is 0 Å². The van der Waals surface area contributed by atoms with Crippen LogP contribution in [0.15, 0.2) is 36.4 Å². The third-order valence-electron chi connectivity index (χ3n) is 3.74. The van der Waals surface area contributed by atoms with E-state index in [0.29, 0.717) is 18.6 Å². The zero-order valence-corrected chi connectivity index (χ0v) is 11.3. The van der Waals surface area contributed by atoms with Gasteiger partial charge >= 0.3 is 0 Å². The minimum Gasteiger partial charge on any atom is -0.390 e. The number of aliphatic hydroxyl groups is 1. The Morgan fingerprint density at radius 3 is 2.45 bits per heavy atom. The van der Waals surface area contributed by atoms with Gasteiger partial charge in [-0.2, -0.15) is 0 Å². The Morgan fingerprint density at radius 2 is 1.77 bits per heavy atom. The topological polar surface area (TPSA) is 49.3 Å². The van der Waals surface area contributed by atoms with Gasteiger partial charge in [-0.05, 0) is 23.3 Å². The van der Waals surface area contributed by atoms with Gasteiger partial charge in [0.2, 0.25) is 0 Å². The van der Waals surface area contributed by atoms with Crippen LogP contribution in [0, 0.1) is 17.5 Å². The van der Waals surface area contributed by atoms with Crippen molar-refractivity contribution in [3.05, 3.63) is 70.5 Å². The minimum absolute atomic E-state index is 0.340. The molecule has 0 fully saturated rings. The predicted octanol–water partition coefficient (Wildman–Crippen LogP) is 2.49. The summed E-state index contributed by atoms with van der Waals surface area (Å²) in [4.78, 5) is 12.1. The molecule has 0 aromatic heterocycles. The number of hydrogen-bond acceptors (Lipinski definition) is 2. The number of nitrogens with one attached hydrogen (secondary N) is 1. The lowest BCUT2D eigenvalue weighted by molar-refractivity contribution is 0.0857. The number of carbonyl (C=O) groups is 1. The number of aliphatic hydroxyl groups excluding tert-OH is 1. The maximum Gasteiger partial charge on any atom is 0.252 e. The fourth-order valence-electron chi connectivity index (χ4n) is 2.66. The Kier molecular flexibility index (Phi) is 3.62. The fraction of sp³-hybridized carbons (Fsp3) is 0.188. The summed E-state index contributed by atoms with van der Waals surface area (Å²) in [6.07, 6.45) is -0.440. The van der Waals surface area contributed by atoms with Gasteiger partial charge in [-0.25, -0.2) is 13.2 Å². The lowest BCUT2D eigenvalue weighted by Crippen LogP contribution is -2.34. The van der Waals surface area contributed by atoms with Crippen LogP contribution in [0.25, 0.3) is 0 Å². The molecule has 2 aromatic carbocycles. The number of rotatable bonds is 2. The molecular formula is C16H12F3NO2. The summed E-state index contributed by atoms with van der Waals surface area (Å²) in [7, 11) is 0. The van der Waals surface area contributed by atoms with Crippen LogP contribution in [-0.4, -0.2) is 17.1 Å². The molecule has 1 amide bonds. The van der Waals surface area contributed by atoms with Gasteiger partial charge in [0.05, 0.1) is 12.1 Å². The van der Waals surface area contributed by atoms with E-state index in [0.717, 1.165) is 11.1 Å². The largest absolute Gasteiger partial charge is 0.390 e. The highest BCUT2D eigenvalue weighted by Crippen LogP contribution is 2.31. The molecule has 3 rings (SSSR count). The Morgan fingerprint density at radius 1 is 1.14 bits per heavy atom. The first-order chi connectivity index (χ1) is 10.5. The van der Waals surface area contributed by atoms with E-state index in [-0.39, 0.29) is 5.56 Å². The van der Waals surface area contributed by atoms with Crippen LogP contribution in [0.3, 0.4) is 0 Å². The predicted molar refractivity (Wildman–Crippen MR) is 72.7 cm³/mol. The molecule has 2 atom stereocenters. The summed E-state index contributed by atoms with van der Waals surface area (Å²) in [6, 6.07) is 7.78. The summed E-state index contributed by atoms with van der Waals surface area (Å²) < 4.78 is 39.3. The van der Waals surface area contributed by atoms with Gasteiger partial charge < -0.3 is 10.4 Å². The maximum atomic E-state index is 13.2. The molecule has 6 heteroatoms. The van der Waals surface area contributed by atoms with Crippen LogP contribution in [0.2, 0.25) is 0 Å². The van der Waals surface area contributed by atoms with Crippen molar-refractivity contribution >= 4 is 5.91 Å². The van der Waals surface area contributed by atoms with Crippen molar-refractivity contribution < 1.29 is 23.1 Å². The summed E-state index contributed by atoms with van der Waals surface area (Å²) in [6.45, 7) is 0. The average Bonchev–Trinajstić information content (AvgIpc) is 2.80. The second kappa shape index (κ2) is 5.46. The molecule has 114 valence electrons. The maximum absolute atomic E-state index is 13.2. The monoisotopic (exact) mass is 307 g/mol. The number of carbonyl (C=O) groups excluding carboxylic acids is 1. The highest BCUT2D eigenvalue weighted by Gasteiger charge is 2.32. The summed E-state index contributed by atoms with van der Waals surface area (Å²) in [5, 5.41) is 12.6. The lowest BCUT2D eigenvalue weighted by Gasteiger charge is -2.18. The summed E-state index contributed by atoms with van der Waals surface area (Å²) in [5.41, 5.74) is 1.32. The quantitative estimate of drug-likeness (QED) is 0.838. The Labute approximate surface area is 124 Å². The van der Waals surface area contributed by atoms with Gasteiger partial charge in [-0.15, -0.1) is 0 Å². The van der Waals surface area contributed by atoms with E-state index >= 15 is 0 Å². The van der Waals surface area contributed by atoms with Crippen LogP contribution in [-0.2, 0) is 6.42 Å². The highest BCUT2D eigenvalue weighted by atomic mass is 19.2. The van der Waals surface area contributed by atoms with Gasteiger partial charge in [-0.1, -0.05) is 24.3 Å². The van der Waals surface area contributed by atoms with Gasteiger partial charge in [0.15, 0.2) is 17.5 Å². The number of hydrogen-bond donors (Lipinski definition) is 2. The Bertz CT molecular complexity index is 725. The van der Waals surface area contributed by atoms with E-state index in [9.17, 15) is 23.1 Å². The van der Waals surface area contributed by atoms with Crippen LogP contribution < -0.4 is 5.32 Å². The molecule has 3 nitrogen and oxygen atoms in total. The zero-order valence-electron chi connectivity index (χ0n) is 11.3. The molecule has 2 aromatic rings. The van der Waals surface area contributed by atoms with E-state index in [1.165, 1.54) is 0 Å². The molecule has 0 spiro atoms. The smallest absolute Gasteiger partial charge is 0.252 e. The molecule has 1 aliphatic rings. The standard InChI is InChI=1S/C16H12F3NO2/c17-11-5-9(6-12(18)14(11)19)16(22)20-15-10-4-2-1-3-8(10)7-13(15)21/h1-6,13,15,21H,7H2,(H,20,22). The van der Waals surface area contributed by atoms with Gasteiger partial charge in [-0.3, -0.25) is 4.79 Å². The molecule has 22 heavy (non-hydrogen) atoms. The number of fused-ring (bicyclic) bond motifs is 1. The summed E-state index contributed by atoms with van der Waals surface area (Å²) >= 11 is 0. The Hall–Kier alpha value is -2.34. The van der Waals surface area contributed by atoms with Crippen molar-refractivity contribution in [2.75, 3.05) is 0 Å². The van der Waals surface area contributed by atoms with E-state index in [1.54, 1.807) is 12.1 Å². The van der Waals surface area contributed by atoms with E-state index < -0.39 is 35.5 Å². The SMILES string of the molecule is O=C(NC1c2ccccc2CC1O)c1cc(F)c(F)c(F)c1. The van der Waals surface area contributed by atoms with E-state index in [1.807, 2.05) is 12.1 Å². The van der Waals surface area contributed by atoms with Gasteiger partial charge in [0.25, 0.3) is 5.91 Å². The molecule has 0 saturated carbocycles. The second-order valence-corrected chi connectivity index (χ2v) is 5.18.